The second kappa shape index (κ2) is 5.98. The standard InChI is InChI=1S/C16H17N3S/c17-11-13-7-8-14(20-13)12-18-15-5-1-2-6-16(15)19-9-3-4-10-19/h1-2,5-8,18H,3-4,9-10,12H2. The van der Waals surface area contributed by atoms with Gasteiger partial charge in [-0.2, -0.15) is 5.26 Å². The van der Waals surface area contributed by atoms with Crippen molar-refractivity contribution < 1.29 is 0 Å². The number of hydrogen-bond acceptors (Lipinski definition) is 4. The van der Waals surface area contributed by atoms with Gasteiger partial charge in [-0.05, 0) is 37.1 Å². The molecule has 0 unspecified atom stereocenters. The van der Waals surface area contributed by atoms with Crippen LogP contribution in [0.5, 0.6) is 0 Å². The van der Waals surface area contributed by atoms with Crippen LogP contribution in [0.25, 0.3) is 0 Å². The minimum absolute atomic E-state index is 0.773. The van der Waals surface area contributed by atoms with Gasteiger partial charge in [0.05, 0.1) is 11.4 Å². The van der Waals surface area contributed by atoms with Gasteiger partial charge in [0.2, 0.25) is 0 Å². The largest absolute Gasteiger partial charge is 0.378 e. The molecule has 0 atom stereocenters. The van der Waals surface area contributed by atoms with Gasteiger partial charge in [0.15, 0.2) is 0 Å². The quantitative estimate of drug-likeness (QED) is 0.926. The van der Waals surface area contributed by atoms with Gasteiger partial charge in [-0.15, -0.1) is 11.3 Å². The minimum Gasteiger partial charge on any atom is -0.378 e. The van der Waals surface area contributed by atoms with Crippen molar-refractivity contribution in [2.75, 3.05) is 23.3 Å². The average Bonchev–Trinajstić information content (AvgIpc) is 3.17. The van der Waals surface area contributed by atoms with Crippen LogP contribution >= 0.6 is 11.3 Å². The molecule has 0 amide bonds. The van der Waals surface area contributed by atoms with Crippen molar-refractivity contribution in [1.29, 1.82) is 5.26 Å². The lowest BCUT2D eigenvalue weighted by Crippen LogP contribution is -2.19. The highest BCUT2D eigenvalue weighted by Gasteiger charge is 2.15. The second-order valence-electron chi connectivity index (χ2n) is 4.94. The molecule has 1 aromatic carbocycles. The number of para-hydroxylation sites is 2. The number of nitrogens with zero attached hydrogens (tertiary/aromatic N) is 2. The maximum absolute atomic E-state index is 8.86. The highest BCUT2D eigenvalue weighted by Crippen LogP contribution is 2.29. The molecule has 1 saturated heterocycles. The Bertz CT molecular complexity index is 621. The van der Waals surface area contributed by atoms with E-state index in [4.69, 9.17) is 5.26 Å². The first-order valence-electron chi connectivity index (χ1n) is 6.93. The SMILES string of the molecule is N#Cc1ccc(CNc2ccccc2N2CCCC2)s1. The highest BCUT2D eigenvalue weighted by atomic mass is 32.1. The number of rotatable bonds is 4. The van der Waals surface area contributed by atoms with Gasteiger partial charge in [0, 0.05) is 24.5 Å². The summed E-state index contributed by atoms with van der Waals surface area (Å²) in [5, 5.41) is 12.4. The molecule has 2 aromatic rings. The summed E-state index contributed by atoms with van der Waals surface area (Å²) in [5.74, 6) is 0. The van der Waals surface area contributed by atoms with Gasteiger partial charge < -0.3 is 10.2 Å². The van der Waals surface area contributed by atoms with Crippen LogP contribution in [-0.2, 0) is 6.54 Å². The molecule has 2 heterocycles. The lowest BCUT2D eigenvalue weighted by molar-refractivity contribution is 0.949. The van der Waals surface area contributed by atoms with Crippen LogP contribution in [-0.4, -0.2) is 13.1 Å². The van der Waals surface area contributed by atoms with Crippen molar-refractivity contribution in [1.82, 2.24) is 0 Å². The summed E-state index contributed by atoms with van der Waals surface area (Å²) < 4.78 is 0. The molecule has 102 valence electrons. The number of hydrogen-bond donors (Lipinski definition) is 1. The van der Waals surface area contributed by atoms with E-state index in [0.29, 0.717) is 0 Å². The van der Waals surface area contributed by atoms with Crippen molar-refractivity contribution in [2.24, 2.45) is 0 Å². The number of benzene rings is 1. The fourth-order valence-electron chi connectivity index (χ4n) is 2.57. The third-order valence-electron chi connectivity index (χ3n) is 3.58. The Kier molecular flexibility index (Phi) is 3.89. The molecule has 0 aliphatic carbocycles. The molecular formula is C16H17N3S. The second-order valence-corrected chi connectivity index (χ2v) is 6.11. The van der Waals surface area contributed by atoms with E-state index in [1.807, 2.05) is 12.1 Å². The molecule has 0 bridgehead atoms. The third kappa shape index (κ3) is 2.78. The van der Waals surface area contributed by atoms with Crippen LogP contribution < -0.4 is 10.2 Å². The van der Waals surface area contributed by atoms with E-state index in [1.54, 1.807) is 11.3 Å². The summed E-state index contributed by atoms with van der Waals surface area (Å²) >= 11 is 1.55. The van der Waals surface area contributed by atoms with E-state index in [9.17, 15) is 0 Å². The van der Waals surface area contributed by atoms with Crippen molar-refractivity contribution >= 4 is 22.7 Å². The van der Waals surface area contributed by atoms with Crippen LogP contribution in [0.1, 0.15) is 22.6 Å². The van der Waals surface area contributed by atoms with E-state index >= 15 is 0 Å². The molecular weight excluding hydrogens is 266 g/mol. The summed E-state index contributed by atoms with van der Waals surface area (Å²) in [6.45, 7) is 3.07. The van der Waals surface area contributed by atoms with E-state index in [0.717, 1.165) is 24.5 Å². The van der Waals surface area contributed by atoms with Crippen LogP contribution in [0.15, 0.2) is 36.4 Å². The lowest BCUT2D eigenvalue weighted by atomic mass is 10.2. The lowest BCUT2D eigenvalue weighted by Gasteiger charge is -2.21. The summed E-state index contributed by atoms with van der Waals surface area (Å²) in [7, 11) is 0. The van der Waals surface area contributed by atoms with Crippen molar-refractivity contribution in [3.05, 3.63) is 46.2 Å². The Hall–Kier alpha value is -1.99. The van der Waals surface area contributed by atoms with Crippen LogP contribution in [0, 0.1) is 11.3 Å². The first-order chi connectivity index (χ1) is 9.86. The van der Waals surface area contributed by atoms with Gasteiger partial charge in [-0.25, -0.2) is 0 Å². The Balaban J connectivity index is 1.72. The summed E-state index contributed by atoms with van der Waals surface area (Å²) in [4.78, 5) is 4.41. The summed E-state index contributed by atoms with van der Waals surface area (Å²) in [6.07, 6.45) is 2.57. The Morgan fingerprint density at radius 1 is 1.15 bits per heavy atom. The van der Waals surface area contributed by atoms with E-state index in [2.05, 4.69) is 40.6 Å². The molecule has 1 aromatic heterocycles. The van der Waals surface area contributed by atoms with Gasteiger partial charge in [0.1, 0.15) is 10.9 Å². The zero-order chi connectivity index (χ0) is 13.8. The average molecular weight is 283 g/mol. The maximum Gasteiger partial charge on any atom is 0.110 e. The number of thiophene rings is 1. The number of anilines is 2. The van der Waals surface area contributed by atoms with Crippen LogP contribution in [0.4, 0.5) is 11.4 Å². The van der Waals surface area contributed by atoms with Gasteiger partial charge in [-0.1, -0.05) is 12.1 Å². The van der Waals surface area contributed by atoms with E-state index < -0.39 is 0 Å². The predicted molar refractivity (Wildman–Crippen MR) is 84.2 cm³/mol. The molecule has 20 heavy (non-hydrogen) atoms. The molecule has 0 spiro atoms. The third-order valence-corrected chi connectivity index (χ3v) is 4.57. The fraction of sp³-hybridized carbons (Fsp3) is 0.312. The topological polar surface area (TPSA) is 39.1 Å². The van der Waals surface area contributed by atoms with Gasteiger partial charge in [0.25, 0.3) is 0 Å². The predicted octanol–water partition coefficient (Wildman–Crippen LogP) is 3.83. The van der Waals surface area contributed by atoms with Crippen molar-refractivity contribution in [3.63, 3.8) is 0 Å². The molecule has 1 N–H and O–H groups in total. The molecule has 4 heteroatoms. The highest BCUT2D eigenvalue weighted by molar-refractivity contribution is 7.12. The van der Waals surface area contributed by atoms with Gasteiger partial charge in [-0.3, -0.25) is 0 Å². The first-order valence-corrected chi connectivity index (χ1v) is 7.75. The molecule has 0 saturated carbocycles. The molecule has 0 radical (unpaired) electrons. The fourth-order valence-corrected chi connectivity index (χ4v) is 3.32. The Morgan fingerprint density at radius 3 is 2.70 bits per heavy atom. The van der Waals surface area contributed by atoms with E-state index in [-0.39, 0.29) is 0 Å². The number of nitrogens with one attached hydrogen (secondary N) is 1. The number of nitriles is 1. The Morgan fingerprint density at radius 2 is 1.95 bits per heavy atom. The zero-order valence-electron chi connectivity index (χ0n) is 11.3. The molecule has 3 nitrogen and oxygen atoms in total. The minimum atomic E-state index is 0.773. The van der Waals surface area contributed by atoms with Crippen LogP contribution in [0.3, 0.4) is 0 Å². The monoisotopic (exact) mass is 283 g/mol. The van der Waals surface area contributed by atoms with Crippen molar-refractivity contribution in [3.8, 4) is 6.07 Å². The Labute approximate surface area is 123 Å². The molecule has 1 aliphatic rings. The summed E-state index contributed by atoms with van der Waals surface area (Å²) in [5.41, 5.74) is 2.48. The smallest absolute Gasteiger partial charge is 0.110 e. The molecule has 1 aliphatic heterocycles. The van der Waals surface area contributed by atoms with E-state index in [1.165, 1.54) is 29.1 Å². The molecule has 1 fully saturated rings. The normalized spacial score (nSPS) is 14.2. The maximum atomic E-state index is 8.86. The zero-order valence-corrected chi connectivity index (χ0v) is 12.1. The first kappa shape index (κ1) is 13.0. The molecule has 3 rings (SSSR count). The summed E-state index contributed by atoms with van der Waals surface area (Å²) in [6, 6.07) is 14.6. The van der Waals surface area contributed by atoms with Gasteiger partial charge >= 0.3 is 0 Å². The van der Waals surface area contributed by atoms with Crippen LogP contribution in [0.2, 0.25) is 0 Å². The van der Waals surface area contributed by atoms with Crippen molar-refractivity contribution in [2.45, 2.75) is 19.4 Å².